The lowest BCUT2D eigenvalue weighted by Crippen LogP contribution is -2.03. The summed E-state index contributed by atoms with van der Waals surface area (Å²) in [6, 6.07) is 0. The lowest BCUT2D eigenvalue weighted by molar-refractivity contribution is 0.316. The van der Waals surface area contributed by atoms with Crippen LogP contribution in [0.4, 0.5) is 0 Å². The van der Waals surface area contributed by atoms with Crippen LogP contribution in [0.1, 0.15) is 76.3 Å². The van der Waals surface area contributed by atoms with Crippen molar-refractivity contribution in [3.63, 3.8) is 0 Å². The predicted molar refractivity (Wildman–Crippen MR) is 98.6 cm³/mol. The van der Waals surface area contributed by atoms with Crippen molar-refractivity contribution in [2.75, 3.05) is 14.2 Å². The van der Waals surface area contributed by atoms with Crippen LogP contribution in [0.3, 0.4) is 0 Å². The molecule has 1 aromatic rings. The number of phenols is 2. The van der Waals surface area contributed by atoms with E-state index in [0.717, 1.165) is 49.7 Å². The Morgan fingerprint density at radius 2 is 1.12 bits per heavy atom. The van der Waals surface area contributed by atoms with E-state index in [4.69, 9.17) is 9.47 Å². The van der Waals surface area contributed by atoms with Gasteiger partial charge < -0.3 is 19.7 Å². The van der Waals surface area contributed by atoms with Crippen molar-refractivity contribution in [3.05, 3.63) is 11.1 Å². The average molecular weight is 338 g/mol. The fraction of sp³-hybridized carbons (Fsp3) is 0.700. The van der Waals surface area contributed by atoms with Crippen LogP contribution < -0.4 is 9.47 Å². The summed E-state index contributed by atoms with van der Waals surface area (Å²) in [6.07, 6.45) is 10.6. The Kier molecular flexibility index (Phi) is 9.43. The standard InChI is InChI=1S/C20H34O4/c1-5-7-9-11-13-15-16(14-12-10-8-6-2)19(23-3)20(24-4)18(22)17(15)21/h21-22H,5-14H2,1-4H3. The third-order valence-electron chi connectivity index (χ3n) is 4.54. The van der Waals surface area contributed by atoms with Crippen molar-refractivity contribution in [1.29, 1.82) is 0 Å². The third-order valence-corrected chi connectivity index (χ3v) is 4.54. The van der Waals surface area contributed by atoms with Crippen molar-refractivity contribution in [2.45, 2.75) is 78.1 Å². The minimum atomic E-state index is -0.211. The van der Waals surface area contributed by atoms with Gasteiger partial charge in [0.15, 0.2) is 11.5 Å². The molecule has 0 bridgehead atoms. The van der Waals surface area contributed by atoms with Crippen LogP contribution in [0.2, 0.25) is 0 Å². The Labute approximate surface area is 146 Å². The molecule has 24 heavy (non-hydrogen) atoms. The number of rotatable bonds is 12. The molecule has 0 spiro atoms. The SMILES string of the molecule is CCCCCCc1c(O)c(O)c(OC)c(OC)c1CCCCCC. The smallest absolute Gasteiger partial charge is 0.207 e. The monoisotopic (exact) mass is 338 g/mol. The average Bonchev–Trinajstić information content (AvgIpc) is 2.59. The van der Waals surface area contributed by atoms with Gasteiger partial charge in [-0.05, 0) is 25.7 Å². The quantitative estimate of drug-likeness (QED) is 0.398. The summed E-state index contributed by atoms with van der Waals surface area (Å²) in [4.78, 5) is 0. The second kappa shape index (κ2) is 11.1. The van der Waals surface area contributed by atoms with Crippen LogP contribution >= 0.6 is 0 Å². The van der Waals surface area contributed by atoms with Gasteiger partial charge in [-0.15, -0.1) is 0 Å². The topological polar surface area (TPSA) is 58.9 Å². The number of hydrogen-bond acceptors (Lipinski definition) is 4. The van der Waals surface area contributed by atoms with Gasteiger partial charge in [0.1, 0.15) is 0 Å². The summed E-state index contributed by atoms with van der Waals surface area (Å²) < 4.78 is 10.8. The van der Waals surface area contributed by atoms with E-state index in [9.17, 15) is 10.2 Å². The van der Waals surface area contributed by atoms with Gasteiger partial charge in [0.25, 0.3) is 0 Å². The first-order valence-electron chi connectivity index (χ1n) is 9.29. The molecule has 0 aliphatic heterocycles. The Bertz CT molecular complexity index is 497. The molecule has 4 nitrogen and oxygen atoms in total. The van der Waals surface area contributed by atoms with Gasteiger partial charge in [0.05, 0.1) is 14.2 Å². The molecule has 138 valence electrons. The maximum Gasteiger partial charge on any atom is 0.207 e. The van der Waals surface area contributed by atoms with Crippen LogP contribution in [-0.4, -0.2) is 24.4 Å². The highest BCUT2D eigenvalue weighted by Gasteiger charge is 2.24. The van der Waals surface area contributed by atoms with E-state index in [1.54, 1.807) is 7.11 Å². The maximum atomic E-state index is 10.5. The Balaban J connectivity index is 3.12. The molecule has 0 radical (unpaired) electrons. The first-order valence-corrected chi connectivity index (χ1v) is 9.29. The largest absolute Gasteiger partial charge is 0.504 e. The first kappa shape index (κ1) is 20.5. The fourth-order valence-corrected chi connectivity index (χ4v) is 3.17. The zero-order valence-corrected chi connectivity index (χ0v) is 15.8. The van der Waals surface area contributed by atoms with Gasteiger partial charge in [-0.3, -0.25) is 0 Å². The minimum absolute atomic E-state index is 0.0466. The molecule has 0 heterocycles. The van der Waals surface area contributed by atoms with E-state index in [2.05, 4.69) is 13.8 Å². The molecular formula is C20H34O4. The van der Waals surface area contributed by atoms with Crippen molar-refractivity contribution < 1.29 is 19.7 Å². The number of unbranched alkanes of at least 4 members (excludes halogenated alkanes) is 6. The van der Waals surface area contributed by atoms with Crippen molar-refractivity contribution in [3.8, 4) is 23.0 Å². The minimum Gasteiger partial charge on any atom is -0.504 e. The lowest BCUT2D eigenvalue weighted by Gasteiger charge is -2.20. The van der Waals surface area contributed by atoms with Gasteiger partial charge in [0.2, 0.25) is 11.5 Å². The highest BCUT2D eigenvalue weighted by atomic mass is 16.5. The van der Waals surface area contributed by atoms with E-state index in [1.165, 1.54) is 32.8 Å². The maximum absolute atomic E-state index is 10.5. The van der Waals surface area contributed by atoms with E-state index in [0.29, 0.717) is 5.75 Å². The summed E-state index contributed by atoms with van der Waals surface area (Å²) >= 11 is 0. The molecule has 0 aliphatic carbocycles. The fourth-order valence-electron chi connectivity index (χ4n) is 3.17. The van der Waals surface area contributed by atoms with Gasteiger partial charge in [0, 0.05) is 11.1 Å². The van der Waals surface area contributed by atoms with Crippen LogP contribution in [0.5, 0.6) is 23.0 Å². The molecule has 0 fully saturated rings. The second-order valence-corrected chi connectivity index (χ2v) is 6.34. The molecule has 0 aromatic heterocycles. The van der Waals surface area contributed by atoms with Crippen LogP contribution in [0.25, 0.3) is 0 Å². The molecule has 0 aliphatic rings. The molecule has 0 saturated heterocycles. The van der Waals surface area contributed by atoms with E-state index >= 15 is 0 Å². The molecule has 0 unspecified atom stereocenters. The van der Waals surface area contributed by atoms with Gasteiger partial charge in [-0.1, -0.05) is 52.4 Å². The highest BCUT2D eigenvalue weighted by Crippen LogP contribution is 2.49. The number of methoxy groups -OCH3 is 2. The summed E-state index contributed by atoms with van der Waals surface area (Å²) in [7, 11) is 3.07. The molecule has 0 amide bonds. The number of aromatic hydroxyl groups is 2. The van der Waals surface area contributed by atoms with Gasteiger partial charge in [-0.25, -0.2) is 0 Å². The third kappa shape index (κ3) is 5.22. The van der Waals surface area contributed by atoms with Gasteiger partial charge in [-0.2, -0.15) is 0 Å². The predicted octanol–water partition coefficient (Wildman–Crippen LogP) is 5.36. The highest BCUT2D eigenvalue weighted by molar-refractivity contribution is 5.66. The first-order chi connectivity index (χ1) is 11.6. The molecule has 1 aromatic carbocycles. The van der Waals surface area contributed by atoms with Crippen molar-refractivity contribution in [2.24, 2.45) is 0 Å². The zero-order chi connectivity index (χ0) is 17.9. The molecule has 1 rings (SSSR count). The number of ether oxygens (including phenoxy) is 2. The van der Waals surface area contributed by atoms with Crippen molar-refractivity contribution >= 4 is 0 Å². The van der Waals surface area contributed by atoms with E-state index in [1.807, 2.05) is 0 Å². The molecule has 0 atom stereocenters. The summed E-state index contributed by atoms with van der Waals surface area (Å²) in [5.74, 6) is 0.541. The van der Waals surface area contributed by atoms with Crippen LogP contribution in [0, 0.1) is 0 Å². The zero-order valence-electron chi connectivity index (χ0n) is 15.8. The number of hydrogen-bond donors (Lipinski definition) is 2. The van der Waals surface area contributed by atoms with Crippen molar-refractivity contribution in [1.82, 2.24) is 0 Å². The summed E-state index contributed by atoms with van der Waals surface area (Å²) in [6.45, 7) is 4.37. The summed E-state index contributed by atoms with van der Waals surface area (Å²) in [5, 5.41) is 20.8. The Hall–Kier alpha value is -1.58. The Morgan fingerprint density at radius 1 is 0.625 bits per heavy atom. The van der Waals surface area contributed by atoms with Crippen LogP contribution in [-0.2, 0) is 12.8 Å². The summed E-state index contributed by atoms with van der Waals surface area (Å²) in [5.41, 5.74) is 1.80. The molecule has 2 N–H and O–H groups in total. The molecular weight excluding hydrogens is 304 g/mol. The van der Waals surface area contributed by atoms with E-state index < -0.39 is 0 Å². The lowest BCUT2D eigenvalue weighted by atomic mass is 9.93. The van der Waals surface area contributed by atoms with E-state index in [-0.39, 0.29) is 17.2 Å². The van der Waals surface area contributed by atoms with Gasteiger partial charge >= 0.3 is 0 Å². The second-order valence-electron chi connectivity index (χ2n) is 6.34. The normalized spacial score (nSPS) is 10.8. The number of benzene rings is 1. The van der Waals surface area contributed by atoms with Crippen LogP contribution in [0.15, 0.2) is 0 Å². The molecule has 0 saturated carbocycles. The molecule has 4 heteroatoms. The number of phenolic OH excluding ortho intramolecular Hbond substituents is 2. The Morgan fingerprint density at radius 3 is 1.58 bits per heavy atom.